The topological polar surface area (TPSA) is 124 Å². The van der Waals surface area contributed by atoms with Gasteiger partial charge in [0.2, 0.25) is 5.76 Å². The number of rotatable bonds is 5. The summed E-state index contributed by atoms with van der Waals surface area (Å²) in [5.74, 6) is -3.48. The molecule has 0 spiro atoms. The van der Waals surface area contributed by atoms with Gasteiger partial charge >= 0.3 is 5.97 Å². The number of ether oxygens (including phenoxy) is 1. The summed E-state index contributed by atoms with van der Waals surface area (Å²) in [6, 6.07) is 5.89. The van der Waals surface area contributed by atoms with Gasteiger partial charge in [0.25, 0.3) is 5.12 Å². The summed E-state index contributed by atoms with van der Waals surface area (Å²) in [4.78, 5) is 51.4. The van der Waals surface area contributed by atoms with Crippen molar-refractivity contribution in [3.63, 3.8) is 0 Å². The molecular formula is C31H30F2O8S. The maximum Gasteiger partial charge on any atom is 0.374 e. The number of hydrogen-bond acceptors (Lipinski definition) is 9. The van der Waals surface area contributed by atoms with Crippen molar-refractivity contribution in [1.82, 2.24) is 0 Å². The molecule has 4 aliphatic carbocycles. The molecule has 1 N–H and O–H groups in total. The quantitative estimate of drug-likeness (QED) is 0.447. The normalized spacial score (nSPS) is 38.7. The molecule has 11 heteroatoms. The van der Waals surface area contributed by atoms with E-state index >= 15 is 8.78 Å². The predicted molar refractivity (Wildman–Crippen MR) is 146 cm³/mol. The average Bonchev–Trinajstić information content (AvgIpc) is 3.71. The SMILES string of the molecule is C[C@@H]1CC2C3C[C@H](F)C4=CC(=O)C=C[C@]4(C)[C@@]3(F)[C@@H](O)C[C@]2(CC(=O)SC(=O)c2ccco2)[C@@H]1OC(=O)c1ccco1. The molecular weight excluding hydrogens is 570 g/mol. The third-order valence-corrected chi connectivity index (χ3v) is 10.7. The fraction of sp³-hybridized carbons (Fsp3) is 0.484. The van der Waals surface area contributed by atoms with Gasteiger partial charge in [-0.3, -0.25) is 14.4 Å². The first-order valence-corrected chi connectivity index (χ1v) is 14.7. The molecule has 6 rings (SSSR count). The van der Waals surface area contributed by atoms with E-state index in [-0.39, 0.29) is 42.8 Å². The molecule has 2 aromatic heterocycles. The van der Waals surface area contributed by atoms with Crippen LogP contribution in [0.3, 0.4) is 0 Å². The third-order valence-electron chi connectivity index (χ3n) is 9.96. The first kappa shape index (κ1) is 28.8. The van der Waals surface area contributed by atoms with Crippen LogP contribution < -0.4 is 0 Å². The first-order valence-electron chi connectivity index (χ1n) is 13.9. The zero-order chi connectivity index (χ0) is 30.0. The lowest BCUT2D eigenvalue weighted by molar-refractivity contribution is -0.212. The lowest BCUT2D eigenvalue weighted by Crippen LogP contribution is -2.69. The number of alkyl halides is 2. The number of aliphatic hydroxyl groups is 1. The van der Waals surface area contributed by atoms with Crippen molar-refractivity contribution in [2.24, 2.45) is 28.6 Å². The molecule has 3 saturated carbocycles. The van der Waals surface area contributed by atoms with E-state index in [0.717, 1.165) is 6.08 Å². The van der Waals surface area contributed by atoms with Gasteiger partial charge in [0.15, 0.2) is 22.3 Å². The van der Waals surface area contributed by atoms with Gasteiger partial charge in [-0.05, 0) is 91.8 Å². The highest BCUT2D eigenvalue weighted by atomic mass is 32.2. The lowest BCUT2D eigenvalue weighted by Gasteiger charge is -2.62. The zero-order valence-corrected chi connectivity index (χ0v) is 23.8. The Hall–Kier alpha value is -3.31. The molecule has 2 aromatic rings. The molecule has 42 heavy (non-hydrogen) atoms. The smallest absolute Gasteiger partial charge is 0.374 e. The molecule has 0 aromatic carbocycles. The Morgan fingerprint density at radius 1 is 1.12 bits per heavy atom. The van der Waals surface area contributed by atoms with Crippen molar-refractivity contribution in [1.29, 1.82) is 0 Å². The summed E-state index contributed by atoms with van der Waals surface area (Å²) in [6.07, 6.45) is 1.30. The van der Waals surface area contributed by atoms with Crippen LogP contribution in [-0.2, 0) is 14.3 Å². The number of furan rings is 2. The van der Waals surface area contributed by atoms with Crippen LogP contribution in [0.2, 0.25) is 0 Å². The second-order valence-electron chi connectivity index (χ2n) is 12.1. The Morgan fingerprint density at radius 3 is 2.48 bits per heavy atom. The Labute approximate surface area is 244 Å². The van der Waals surface area contributed by atoms with Crippen LogP contribution in [0.15, 0.2) is 69.4 Å². The van der Waals surface area contributed by atoms with E-state index in [4.69, 9.17) is 13.6 Å². The number of allylic oxidation sites excluding steroid dienone is 4. The molecule has 4 aliphatic rings. The van der Waals surface area contributed by atoms with Crippen LogP contribution >= 0.6 is 11.8 Å². The lowest BCUT2D eigenvalue weighted by atomic mass is 9.44. The Balaban J connectivity index is 1.40. The number of ketones is 1. The molecule has 0 aliphatic heterocycles. The van der Waals surface area contributed by atoms with Crippen LogP contribution in [0, 0.1) is 28.6 Å². The van der Waals surface area contributed by atoms with E-state index < -0.39 is 74.6 Å². The van der Waals surface area contributed by atoms with Crippen molar-refractivity contribution in [2.45, 2.75) is 63.6 Å². The highest BCUT2D eigenvalue weighted by molar-refractivity contribution is 8.26. The van der Waals surface area contributed by atoms with Crippen LogP contribution in [0.25, 0.3) is 0 Å². The fourth-order valence-electron chi connectivity index (χ4n) is 8.25. The molecule has 0 saturated heterocycles. The molecule has 8 nitrogen and oxygen atoms in total. The number of carbonyl (C=O) groups is 4. The Bertz CT molecular complexity index is 1480. The molecule has 2 heterocycles. The fourth-order valence-corrected chi connectivity index (χ4v) is 9.02. The van der Waals surface area contributed by atoms with Gasteiger partial charge in [0, 0.05) is 23.2 Å². The van der Waals surface area contributed by atoms with Crippen LogP contribution in [0.4, 0.5) is 8.78 Å². The first-order chi connectivity index (χ1) is 19.9. The molecule has 0 amide bonds. The maximum atomic E-state index is 17.6. The minimum absolute atomic E-state index is 0.0113. The number of fused-ring (bicyclic) bond motifs is 5. The van der Waals surface area contributed by atoms with Crippen LogP contribution in [-0.4, -0.2) is 51.1 Å². The van der Waals surface area contributed by atoms with E-state index in [0.29, 0.717) is 11.8 Å². The molecule has 9 atom stereocenters. The third kappa shape index (κ3) is 4.18. The van der Waals surface area contributed by atoms with Gasteiger partial charge in [-0.1, -0.05) is 13.0 Å². The molecule has 222 valence electrons. The zero-order valence-electron chi connectivity index (χ0n) is 23.0. The summed E-state index contributed by atoms with van der Waals surface area (Å²) in [5, 5.41) is 10.5. The van der Waals surface area contributed by atoms with Crippen molar-refractivity contribution in [3.8, 4) is 0 Å². The number of carbonyl (C=O) groups excluding carboxylic acids is 4. The van der Waals surface area contributed by atoms with Gasteiger partial charge < -0.3 is 18.7 Å². The highest BCUT2D eigenvalue weighted by Gasteiger charge is 2.74. The van der Waals surface area contributed by atoms with Gasteiger partial charge in [-0.15, -0.1) is 0 Å². The van der Waals surface area contributed by atoms with Gasteiger partial charge in [0.05, 0.1) is 18.6 Å². The second-order valence-corrected chi connectivity index (χ2v) is 13.1. The van der Waals surface area contributed by atoms with E-state index in [2.05, 4.69) is 0 Å². The van der Waals surface area contributed by atoms with Crippen molar-refractivity contribution in [3.05, 3.63) is 72.1 Å². The number of hydrogen-bond donors (Lipinski definition) is 1. The van der Waals surface area contributed by atoms with Gasteiger partial charge in [-0.25, -0.2) is 13.6 Å². The summed E-state index contributed by atoms with van der Waals surface area (Å²) in [6.45, 7) is 3.30. The number of thioether (sulfide) groups is 1. The average molecular weight is 601 g/mol. The highest BCUT2D eigenvalue weighted by Crippen LogP contribution is 2.70. The maximum absolute atomic E-state index is 17.6. The summed E-state index contributed by atoms with van der Waals surface area (Å²) in [7, 11) is 0. The van der Waals surface area contributed by atoms with Crippen LogP contribution in [0.5, 0.6) is 0 Å². The van der Waals surface area contributed by atoms with E-state index in [1.54, 1.807) is 6.92 Å². The summed E-state index contributed by atoms with van der Waals surface area (Å²) in [5.41, 5.74) is -5.29. The summed E-state index contributed by atoms with van der Waals surface area (Å²) < 4.78 is 49.7. The largest absolute Gasteiger partial charge is 0.460 e. The second kappa shape index (κ2) is 10.2. The predicted octanol–water partition coefficient (Wildman–Crippen LogP) is 5.43. The van der Waals surface area contributed by atoms with Crippen LogP contribution in [0.1, 0.15) is 60.6 Å². The van der Waals surface area contributed by atoms with Gasteiger partial charge in [0.1, 0.15) is 12.3 Å². The number of esters is 1. The minimum Gasteiger partial charge on any atom is -0.460 e. The van der Waals surface area contributed by atoms with E-state index in [9.17, 15) is 24.3 Å². The standard InChI is InChI=1S/C31H30F2O8S/c1-16-11-18-19-13-21(32)20-12-17(34)7-8-29(20,2)31(19,33)24(35)14-30(18,26(16)41-27(37)22-5-3-9-39-22)15-25(36)42-28(38)23-6-4-10-40-23/h3-10,12,16,18-19,21,24,26,35H,11,13-15H2,1-2H3/t16-,18?,19?,21+,24+,26-,29+,30-,31+/m1/s1. The van der Waals surface area contributed by atoms with Crippen molar-refractivity contribution >= 4 is 33.7 Å². The molecule has 0 bridgehead atoms. The minimum atomic E-state index is -2.37. The Morgan fingerprint density at radius 2 is 1.81 bits per heavy atom. The number of aliphatic hydroxyl groups excluding tert-OH is 1. The summed E-state index contributed by atoms with van der Waals surface area (Å²) >= 11 is 0.425. The molecule has 0 radical (unpaired) electrons. The Kier molecular flexibility index (Phi) is 6.96. The van der Waals surface area contributed by atoms with Crippen molar-refractivity contribution < 1.29 is 46.6 Å². The van der Waals surface area contributed by atoms with Crippen molar-refractivity contribution in [2.75, 3.05) is 0 Å². The monoisotopic (exact) mass is 600 g/mol. The van der Waals surface area contributed by atoms with E-state index in [1.807, 2.05) is 0 Å². The van der Waals surface area contributed by atoms with E-state index in [1.165, 1.54) is 55.9 Å². The number of halogens is 2. The molecule has 3 fully saturated rings. The molecule has 2 unspecified atom stereocenters. The van der Waals surface area contributed by atoms with Gasteiger partial charge in [-0.2, -0.15) is 0 Å².